The average Bonchev–Trinajstić information content (AvgIpc) is 3.20. The van der Waals surface area contributed by atoms with Crippen molar-refractivity contribution in [3.63, 3.8) is 0 Å². The van der Waals surface area contributed by atoms with E-state index < -0.39 is 0 Å². The van der Waals surface area contributed by atoms with Crippen LogP contribution in [0.3, 0.4) is 0 Å². The highest BCUT2D eigenvalue weighted by Crippen LogP contribution is 2.35. The Morgan fingerprint density at radius 1 is 1.00 bits per heavy atom. The van der Waals surface area contributed by atoms with Gasteiger partial charge in [-0.1, -0.05) is 23.8 Å². The van der Waals surface area contributed by atoms with Crippen LogP contribution in [0.5, 0.6) is 11.5 Å². The molecule has 0 aliphatic carbocycles. The van der Waals surface area contributed by atoms with Crippen molar-refractivity contribution >= 4 is 28.6 Å². The summed E-state index contributed by atoms with van der Waals surface area (Å²) >= 11 is 0. The Hall–Kier alpha value is -4.13. The highest BCUT2D eigenvalue weighted by atomic mass is 16.5. The molecule has 7 heteroatoms. The summed E-state index contributed by atoms with van der Waals surface area (Å²) in [6, 6.07) is 16.2. The number of nitrogens with one attached hydrogen (secondary N) is 1. The van der Waals surface area contributed by atoms with Gasteiger partial charge in [0.25, 0.3) is 11.8 Å². The number of carbonyl (C=O) groups excluding carboxylic acids is 2. The predicted octanol–water partition coefficient (Wildman–Crippen LogP) is 5.34. The largest absolute Gasteiger partial charge is 0.457 e. The summed E-state index contributed by atoms with van der Waals surface area (Å²) in [5.74, 6) is 1.22. The van der Waals surface area contributed by atoms with Crippen molar-refractivity contribution in [2.45, 2.75) is 20.3 Å². The SMILES string of the molecule is Cc1ccc(Oc2cc(C(=O)Nc3ccc(C)cn3)cc3oc(C(=O)N4CCC4)cc23)cc1. The molecule has 7 nitrogen and oxygen atoms in total. The Bertz CT molecular complexity index is 1340. The molecule has 3 heterocycles. The van der Waals surface area contributed by atoms with Crippen LogP contribution in [0.25, 0.3) is 11.0 Å². The molecule has 2 aromatic heterocycles. The number of ether oxygens (including phenoxy) is 1. The minimum absolute atomic E-state index is 0.159. The van der Waals surface area contributed by atoms with E-state index >= 15 is 0 Å². The van der Waals surface area contributed by atoms with Crippen LogP contribution < -0.4 is 10.1 Å². The molecule has 1 aliphatic rings. The Morgan fingerprint density at radius 2 is 1.76 bits per heavy atom. The van der Waals surface area contributed by atoms with Crippen molar-refractivity contribution in [1.29, 1.82) is 0 Å². The fraction of sp³-hybridized carbons (Fsp3) is 0.192. The molecule has 1 fully saturated rings. The first-order valence-electron chi connectivity index (χ1n) is 10.8. The molecule has 0 radical (unpaired) electrons. The summed E-state index contributed by atoms with van der Waals surface area (Å²) in [5, 5.41) is 3.42. The first kappa shape index (κ1) is 20.8. The quantitative estimate of drug-likeness (QED) is 0.452. The van der Waals surface area contributed by atoms with Gasteiger partial charge in [0.05, 0.1) is 5.39 Å². The van der Waals surface area contributed by atoms with Crippen molar-refractivity contribution < 1.29 is 18.7 Å². The van der Waals surface area contributed by atoms with Gasteiger partial charge in [0.1, 0.15) is 22.9 Å². The maximum atomic E-state index is 13.0. The molecule has 1 saturated heterocycles. The molecule has 0 saturated carbocycles. The third-order valence-electron chi connectivity index (χ3n) is 5.62. The van der Waals surface area contributed by atoms with Crippen molar-refractivity contribution in [1.82, 2.24) is 9.88 Å². The predicted molar refractivity (Wildman–Crippen MR) is 125 cm³/mol. The second-order valence-corrected chi connectivity index (χ2v) is 8.23. The highest BCUT2D eigenvalue weighted by molar-refractivity contribution is 6.07. The Kier molecular flexibility index (Phi) is 5.30. The van der Waals surface area contributed by atoms with Gasteiger partial charge in [0.2, 0.25) is 0 Å². The summed E-state index contributed by atoms with van der Waals surface area (Å²) < 4.78 is 12.0. The van der Waals surface area contributed by atoms with Gasteiger partial charge in [-0.2, -0.15) is 0 Å². The fourth-order valence-electron chi connectivity index (χ4n) is 3.57. The second-order valence-electron chi connectivity index (χ2n) is 8.23. The van der Waals surface area contributed by atoms with Crippen LogP contribution in [0.15, 0.2) is 65.2 Å². The van der Waals surface area contributed by atoms with Gasteiger partial charge in [0.15, 0.2) is 5.76 Å². The van der Waals surface area contributed by atoms with Crippen LogP contribution in [0.4, 0.5) is 5.82 Å². The second kappa shape index (κ2) is 8.43. The standard InChI is InChI=1S/C26H23N3O4/c1-16-4-7-19(8-5-16)32-21-12-18(25(30)28-24-9-6-17(2)15-27-24)13-22-20(21)14-23(33-22)26(31)29-10-3-11-29/h4-9,12-15H,3,10-11H2,1-2H3,(H,27,28,30). The van der Waals surface area contributed by atoms with E-state index in [0.29, 0.717) is 33.8 Å². The number of pyridine rings is 1. The third kappa shape index (κ3) is 4.30. The van der Waals surface area contributed by atoms with Crippen molar-refractivity contribution in [2.24, 2.45) is 0 Å². The lowest BCUT2D eigenvalue weighted by Gasteiger charge is -2.29. The van der Waals surface area contributed by atoms with Crippen molar-refractivity contribution in [3.8, 4) is 11.5 Å². The topological polar surface area (TPSA) is 84.7 Å². The molecule has 5 rings (SSSR count). The molecule has 33 heavy (non-hydrogen) atoms. The third-order valence-corrected chi connectivity index (χ3v) is 5.62. The maximum Gasteiger partial charge on any atom is 0.289 e. The highest BCUT2D eigenvalue weighted by Gasteiger charge is 2.26. The van der Waals surface area contributed by atoms with Gasteiger partial charge in [-0.3, -0.25) is 9.59 Å². The minimum Gasteiger partial charge on any atom is -0.457 e. The van der Waals surface area contributed by atoms with Crippen LogP contribution in [0.2, 0.25) is 0 Å². The number of aromatic nitrogens is 1. The molecule has 166 valence electrons. The zero-order chi connectivity index (χ0) is 22.9. The first-order valence-corrected chi connectivity index (χ1v) is 10.8. The molecule has 1 aliphatic heterocycles. The van der Waals surface area contributed by atoms with E-state index in [1.807, 2.05) is 44.2 Å². The molecule has 0 bridgehead atoms. The number of hydrogen-bond donors (Lipinski definition) is 1. The maximum absolute atomic E-state index is 13.0. The van der Waals surface area contributed by atoms with Crippen LogP contribution >= 0.6 is 0 Å². The molecular weight excluding hydrogens is 418 g/mol. The molecular formula is C26H23N3O4. The normalized spacial score (nSPS) is 13.0. The zero-order valence-electron chi connectivity index (χ0n) is 18.4. The van der Waals surface area contributed by atoms with E-state index in [1.54, 1.807) is 35.4 Å². The number of amides is 2. The van der Waals surface area contributed by atoms with Crippen LogP contribution in [0, 0.1) is 13.8 Å². The molecule has 4 aromatic rings. The summed E-state index contributed by atoms with van der Waals surface area (Å²) in [6.45, 7) is 5.37. The van der Waals surface area contributed by atoms with E-state index in [4.69, 9.17) is 9.15 Å². The monoisotopic (exact) mass is 441 g/mol. The van der Waals surface area contributed by atoms with Crippen LogP contribution in [0.1, 0.15) is 38.5 Å². The number of rotatable bonds is 5. The number of fused-ring (bicyclic) bond motifs is 1. The Labute approximate surface area is 191 Å². The Morgan fingerprint density at radius 3 is 2.42 bits per heavy atom. The van der Waals surface area contributed by atoms with Gasteiger partial charge < -0.3 is 19.4 Å². The van der Waals surface area contributed by atoms with E-state index in [2.05, 4.69) is 10.3 Å². The smallest absolute Gasteiger partial charge is 0.289 e. The van der Waals surface area contributed by atoms with Crippen LogP contribution in [-0.4, -0.2) is 34.8 Å². The number of benzene rings is 2. The molecule has 0 spiro atoms. The summed E-state index contributed by atoms with van der Waals surface area (Å²) in [5.41, 5.74) is 2.85. The lowest BCUT2D eigenvalue weighted by atomic mass is 10.1. The molecule has 0 atom stereocenters. The summed E-state index contributed by atoms with van der Waals surface area (Å²) in [4.78, 5) is 31.6. The van der Waals surface area contributed by atoms with Gasteiger partial charge >= 0.3 is 0 Å². The van der Waals surface area contributed by atoms with E-state index in [1.165, 1.54) is 0 Å². The zero-order valence-corrected chi connectivity index (χ0v) is 18.4. The number of anilines is 1. The van der Waals surface area contributed by atoms with E-state index in [0.717, 1.165) is 30.6 Å². The van der Waals surface area contributed by atoms with Gasteiger partial charge in [-0.05, 0) is 56.2 Å². The number of hydrogen-bond acceptors (Lipinski definition) is 5. The number of carbonyl (C=O) groups is 2. The minimum atomic E-state index is -0.353. The molecule has 0 unspecified atom stereocenters. The Balaban J connectivity index is 1.52. The van der Waals surface area contributed by atoms with E-state index in [-0.39, 0.29) is 17.6 Å². The van der Waals surface area contributed by atoms with Crippen LogP contribution in [-0.2, 0) is 0 Å². The lowest BCUT2D eigenvalue weighted by molar-refractivity contribution is 0.0621. The van der Waals surface area contributed by atoms with Crippen molar-refractivity contribution in [3.05, 3.63) is 83.2 Å². The van der Waals surface area contributed by atoms with Gasteiger partial charge in [-0.25, -0.2) is 4.98 Å². The number of furan rings is 1. The molecule has 2 amide bonds. The summed E-state index contributed by atoms with van der Waals surface area (Å²) in [7, 11) is 0. The first-order chi connectivity index (χ1) is 16.0. The summed E-state index contributed by atoms with van der Waals surface area (Å²) in [6.07, 6.45) is 2.68. The number of aryl methyl sites for hydroxylation is 2. The van der Waals surface area contributed by atoms with Gasteiger partial charge in [0, 0.05) is 30.9 Å². The molecule has 1 N–H and O–H groups in total. The fourth-order valence-corrected chi connectivity index (χ4v) is 3.57. The van der Waals surface area contributed by atoms with Crippen molar-refractivity contribution in [2.75, 3.05) is 18.4 Å². The van der Waals surface area contributed by atoms with E-state index in [9.17, 15) is 9.59 Å². The molecule has 2 aromatic carbocycles. The number of nitrogens with zero attached hydrogens (tertiary/aromatic N) is 2. The van der Waals surface area contributed by atoms with Gasteiger partial charge in [-0.15, -0.1) is 0 Å². The lowest BCUT2D eigenvalue weighted by Crippen LogP contribution is -2.41. The number of likely N-dealkylation sites (tertiary alicyclic amines) is 1. The average molecular weight is 441 g/mol.